The highest BCUT2D eigenvalue weighted by molar-refractivity contribution is 6.31. The molecule has 0 bridgehead atoms. The number of benzene rings is 1. The molecule has 1 N–H and O–H groups in total. The second-order valence-electron chi connectivity index (χ2n) is 5.93. The van der Waals surface area contributed by atoms with Crippen LogP contribution in [0.25, 0.3) is 0 Å². The van der Waals surface area contributed by atoms with Crippen molar-refractivity contribution in [2.75, 3.05) is 19.6 Å². The second-order valence-corrected chi connectivity index (χ2v) is 6.33. The summed E-state index contributed by atoms with van der Waals surface area (Å²) in [6.07, 6.45) is 1.02. The van der Waals surface area contributed by atoms with E-state index in [4.69, 9.17) is 11.6 Å². The topological polar surface area (TPSA) is 32.3 Å². The van der Waals surface area contributed by atoms with E-state index in [1.54, 1.807) is 0 Å². The molecule has 2 fully saturated rings. The zero-order valence-corrected chi connectivity index (χ0v) is 12.8. The van der Waals surface area contributed by atoms with E-state index < -0.39 is 0 Å². The highest BCUT2D eigenvalue weighted by Crippen LogP contribution is 2.35. The van der Waals surface area contributed by atoms with Crippen LogP contribution in [0.3, 0.4) is 0 Å². The van der Waals surface area contributed by atoms with Gasteiger partial charge in [-0.15, -0.1) is 0 Å². The maximum atomic E-state index is 12.9. The van der Waals surface area contributed by atoms with E-state index in [1.165, 1.54) is 0 Å². The Balaban J connectivity index is 1.89. The first kappa shape index (κ1) is 13.9. The Kier molecular flexibility index (Phi) is 3.74. The van der Waals surface area contributed by atoms with Gasteiger partial charge in [0.1, 0.15) is 0 Å². The quantitative estimate of drug-likeness (QED) is 0.909. The van der Waals surface area contributed by atoms with Gasteiger partial charge in [0.15, 0.2) is 0 Å². The van der Waals surface area contributed by atoms with Gasteiger partial charge >= 0.3 is 0 Å². The number of carbonyl (C=O) groups is 1. The van der Waals surface area contributed by atoms with E-state index >= 15 is 0 Å². The molecular weight excluding hydrogens is 272 g/mol. The van der Waals surface area contributed by atoms with Crippen LogP contribution in [0.1, 0.15) is 29.3 Å². The Morgan fingerprint density at radius 2 is 2.25 bits per heavy atom. The summed E-state index contributed by atoms with van der Waals surface area (Å²) in [5, 5.41) is 4.12. The molecule has 0 saturated carbocycles. The van der Waals surface area contributed by atoms with Crippen LogP contribution in [0.4, 0.5) is 0 Å². The highest BCUT2D eigenvalue weighted by atomic mass is 35.5. The number of hydrogen-bond acceptors (Lipinski definition) is 2. The van der Waals surface area contributed by atoms with E-state index in [9.17, 15) is 4.79 Å². The molecule has 0 spiro atoms. The number of rotatable bonds is 2. The summed E-state index contributed by atoms with van der Waals surface area (Å²) < 4.78 is 0. The molecule has 1 aromatic carbocycles. The first-order valence-electron chi connectivity index (χ1n) is 7.40. The number of carbonyl (C=O) groups excluding carboxylic acids is 1. The van der Waals surface area contributed by atoms with Gasteiger partial charge in [-0.3, -0.25) is 4.79 Å². The molecule has 2 saturated heterocycles. The summed E-state index contributed by atoms with van der Waals surface area (Å²) in [5.41, 5.74) is 1.65. The monoisotopic (exact) mass is 292 g/mol. The maximum absolute atomic E-state index is 12.9. The number of amides is 1. The van der Waals surface area contributed by atoms with Gasteiger partial charge in [0.25, 0.3) is 5.91 Å². The third-order valence-electron chi connectivity index (χ3n) is 4.90. The summed E-state index contributed by atoms with van der Waals surface area (Å²) in [5.74, 6) is 1.37. The fourth-order valence-electron chi connectivity index (χ4n) is 3.77. The van der Waals surface area contributed by atoms with Crippen LogP contribution in [0, 0.1) is 18.8 Å². The van der Waals surface area contributed by atoms with Crippen molar-refractivity contribution in [1.82, 2.24) is 10.2 Å². The number of halogens is 1. The standard InChI is InChI=1S/C16H21ClN2O/c1-3-15-13-8-18-7-11(13)9-19(15)16(20)12-5-4-6-14(17)10(12)2/h4-6,11,13,15,18H,3,7-9H2,1-2H3. The van der Waals surface area contributed by atoms with Crippen LogP contribution in [0.5, 0.6) is 0 Å². The lowest BCUT2D eigenvalue weighted by molar-refractivity contribution is 0.0711. The van der Waals surface area contributed by atoms with Gasteiger partial charge in [0.05, 0.1) is 0 Å². The Morgan fingerprint density at radius 3 is 3.00 bits per heavy atom. The zero-order valence-electron chi connectivity index (χ0n) is 12.0. The van der Waals surface area contributed by atoms with E-state index in [-0.39, 0.29) is 5.91 Å². The Labute approximate surface area is 125 Å². The van der Waals surface area contributed by atoms with Crippen molar-refractivity contribution in [2.24, 2.45) is 11.8 Å². The fourth-order valence-corrected chi connectivity index (χ4v) is 3.95. The molecule has 3 atom stereocenters. The molecule has 0 aromatic heterocycles. The van der Waals surface area contributed by atoms with Crippen LogP contribution in [-0.4, -0.2) is 36.5 Å². The summed E-state index contributed by atoms with van der Waals surface area (Å²) >= 11 is 6.15. The van der Waals surface area contributed by atoms with Crippen LogP contribution >= 0.6 is 11.6 Å². The van der Waals surface area contributed by atoms with Crippen molar-refractivity contribution < 1.29 is 4.79 Å². The van der Waals surface area contributed by atoms with Crippen LogP contribution in [0.2, 0.25) is 5.02 Å². The largest absolute Gasteiger partial charge is 0.335 e. The summed E-state index contributed by atoms with van der Waals surface area (Å²) in [6.45, 7) is 7.06. The molecule has 3 unspecified atom stereocenters. The van der Waals surface area contributed by atoms with Crippen molar-refractivity contribution in [2.45, 2.75) is 26.3 Å². The van der Waals surface area contributed by atoms with Gasteiger partial charge in [0.2, 0.25) is 0 Å². The molecule has 2 aliphatic heterocycles. The minimum absolute atomic E-state index is 0.145. The Hall–Kier alpha value is -1.06. The van der Waals surface area contributed by atoms with E-state index in [2.05, 4.69) is 17.1 Å². The zero-order chi connectivity index (χ0) is 14.3. The van der Waals surface area contributed by atoms with Crippen molar-refractivity contribution in [1.29, 1.82) is 0 Å². The smallest absolute Gasteiger partial charge is 0.254 e. The molecule has 1 amide bonds. The maximum Gasteiger partial charge on any atom is 0.254 e. The van der Waals surface area contributed by atoms with Crippen LogP contribution < -0.4 is 5.32 Å². The Bertz CT molecular complexity index is 531. The number of nitrogens with one attached hydrogen (secondary N) is 1. The number of hydrogen-bond donors (Lipinski definition) is 1. The lowest BCUT2D eigenvalue weighted by Gasteiger charge is -2.27. The molecule has 0 aliphatic carbocycles. The van der Waals surface area contributed by atoms with Crippen LogP contribution in [-0.2, 0) is 0 Å². The average molecular weight is 293 g/mol. The molecule has 4 heteroatoms. The van der Waals surface area contributed by atoms with Gasteiger partial charge in [-0.2, -0.15) is 0 Å². The number of likely N-dealkylation sites (tertiary alicyclic amines) is 1. The summed E-state index contributed by atoms with van der Waals surface area (Å²) in [4.78, 5) is 14.9. The van der Waals surface area contributed by atoms with E-state index in [1.807, 2.05) is 25.1 Å². The van der Waals surface area contributed by atoms with Gasteiger partial charge in [-0.05, 0) is 42.9 Å². The Morgan fingerprint density at radius 1 is 1.45 bits per heavy atom. The average Bonchev–Trinajstić information content (AvgIpc) is 3.01. The first-order chi connectivity index (χ1) is 9.63. The SMILES string of the molecule is CCC1C2CNCC2CN1C(=O)c1cccc(Cl)c1C. The van der Waals surface area contributed by atoms with Crippen LogP contribution in [0.15, 0.2) is 18.2 Å². The minimum Gasteiger partial charge on any atom is -0.335 e. The van der Waals surface area contributed by atoms with Gasteiger partial charge in [0, 0.05) is 36.3 Å². The molecule has 2 heterocycles. The second kappa shape index (κ2) is 5.38. The third-order valence-corrected chi connectivity index (χ3v) is 5.30. The van der Waals surface area contributed by atoms with Gasteiger partial charge in [-0.25, -0.2) is 0 Å². The van der Waals surface area contributed by atoms with Gasteiger partial charge in [-0.1, -0.05) is 24.6 Å². The number of fused-ring (bicyclic) bond motifs is 1. The molecule has 1 aromatic rings. The lowest BCUT2D eigenvalue weighted by Crippen LogP contribution is -2.39. The molecule has 0 radical (unpaired) electrons. The lowest BCUT2D eigenvalue weighted by atomic mass is 9.93. The predicted octanol–water partition coefficient (Wildman–Crippen LogP) is 2.72. The molecule has 2 aliphatic rings. The first-order valence-corrected chi connectivity index (χ1v) is 7.78. The van der Waals surface area contributed by atoms with Gasteiger partial charge < -0.3 is 10.2 Å². The minimum atomic E-state index is 0.145. The van der Waals surface area contributed by atoms with E-state index in [0.29, 0.717) is 22.9 Å². The predicted molar refractivity (Wildman–Crippen MR) is 81.2 cm³/mol. The van der Waals surface area contributed by atoms with Crippen molar-refractivity contribution in [3.63, 3.8) is 0 Å². The normalized spacial score (nSPS) is 28.8. The molecule has 108 valence electrons. The third kappa shape index (κ3) is 2.13. The molecule has 3 nitrogen and oxygen atoms in total. The van der Waals surface area contributed by atoms with Crippen molar-refractivity contribution >= 4 is 17.5 Å². The molecule has 3 rings (SSSR count). The van der Waals surface area contributed by atoms with E-state index in [0.717, 1.165) is 37.2 Å². The summed E-state index contributed by atoms with van der Waals surface area (Å²) in [6, 6.07) is 5.96. The summed E-state index contributed by atoms with van der Waals surface area (Å²) in [7, 11) is 0. The molecule has 20 heavy (non-hydrogen) atoms. The van der Waals surface area contributed by atoms with Crippen molar-refractivity contribution in [3.8, 4) is 0 Å². The highest BCUT2D eigenvalue weighted by Gasteiger charge is 2.45. The van der Waals surface area contributed by atoms with Crippen molar-refractivity contribution in [3.05, 3.63) is 34.3 Å². The fraction of sp³-hybridized carbons (Fsp3) is 0.562. The molecular formula is C16H21ClN2O. The number of nitrogens with zero attached hydrogens (tertiary/aromatic N) is 1.